The van der Waals surface area contributed by atoms with Crippen LogP contribution in [0, 0.1) is 0 Å². The van der Waals surface area contributed by atoms with Gasteiger partial charge in [-0.3, -0.25) is 9.78 Å². The summed E-state index contributed by atoms with van der Waals surface area (Å²) in [7, 11) is 0. The van der Waals surface area contributed by atoms with Gasteiger partial charge in [0.25, 0.3) is 5.91 Å². The fourth-order valence-corrected chi connectivity index (χ4v) is 4.75. The Morgan fingerprint density at radius 2 is 1.87 bits per heavy atom. The second kappa shape index (κ2) is 9.15. The molecule has 1 N–H and O–H groups in total. The molecule has 1 aliphatic heterocycles. The molecule has 1 saturated carbocycles. The van der Waals surface area contributed by atoms with Crippen LogP contribution in [0.1, 0.15) is 35.5 Å². The molecule has 1 aromatic carbocycles. The van der Waals surface area contributed by atoms with Crippen molar-refractivity contribution >= 4 is 34.0 Å². The topological polar surface area (TPSA) is 89.5 Å². The second-order valence-electron chi connectivity index (χ2n) is 7.87. The highest BCUT2D eigenvalue weighted by Gasteiger charge is 2.26. The Morgan fingerprint density at radius 3 is 2.65 bits per heavy atom. The van der Waals surface area contributed by atoms with Gasteiger partial charge in [0.1, 0.15) is 11.3 Å². The maximum atomic E-state index is 12.3. The Bertz CT molecular complexity index is 1030. The highest BCUT2D eigenvalue weighted by atomic mass is 32.1. The first-order chi connectivity index (χ1) is 15.3. The highest BCUT2D eigenvalue weighted by Crippen LogP contribution is 2.33. The number of anilines is 1. The van der Waals surface area contributed by atoms with Gasteiger partial charge in [-0.1, -0.05) is 0 Å². The van der Waals surface area contributed by atoms with E-state index in [9.17, 15) is 4.79 Å². The summed E-state index contributed by atoms with van der Waals surface area (Å²) in [4.78, 5) is 27.7. The number of ether oxygens (including phenoxy) is 2. The van der Waals surface area contributed by atoms with Gasteiger partial charge in [0.2, 0.25) is 0 Å². The molecule has 5 rings (SSSR count). The van der Waals surface area contributed by atoms with Gasteiger partial charge in [-0.05, 0) is 31.7 Å². The zero-order chi connectivity index (χ0) is 21.0. The SMILES string of the molecule is O=C(NC1CCC(Oc2cc(N3CCOCC3)cc3nccnc23)CC1)c1nccs1. The number of hydrogen-bond acceptors (Lipinski definition) is 8. The van der Waals surface area contributed by atoms with Gasteiger partial charge in [0, 0.05) is 54.9 Å². The molecule has 0 atom stereocenters. The van der Waals surface area contributed by atoms with Gasteiger partial charge in [-0.25, -0.2) is 9.97 Å². The van der Waals surface area contributed by atoms with Crippen LogP contribution in [0.2, 0.25) is 0 Å². The van der Waals surface area contributed by atoms with Crippen LogP contribution < -0.4 is 15.0 Å². The Kier molecular flexibility index (Phi) is 5.95. The number of nitrogens with zero attached hydrogens (tertiary/aromatic N) is 4. The van der Waals surface area contributed by atoms with E-state index in [0.717, 1.165) is 74.5 Å². The summed E-state index contributed by atoms with van der Waals surface area (Å²) in [6.07, 6.45) is 8.70. The van der Waals surface area contributed by atoms with Crippen LogP contribution in [-0.4, -0.2) is 59.3 Å². The van der Waals surface area contributed by atoms with E-state index in [-0.39, 0.29) is 18.1 Å². The van der Waals surface area contributed by atoms with E-state index in [4.69, 9.17) is 9.47 Å². The number of nitrogens with one attached hydrogen (secondary N) is 1. The number of aromatic nitrogens is 3. The third-order valence-corrected chi connectivity index (χ3v) is 6.60. The van der Waals surface area contributed by atoms with Crippen molar-refractivity contribution in [1.82, 2.24) is 20.3 Å². The van der Waals surface area contributed by atoms with E-state index >= 15 is 0 Å². The van der Waals surface area contributed by atoms with Gasteiger partial charge >= 0.3 is 0 Å². The molecule has 1 amide bonds. The molecule has 9 heteroatoms. The average molecular weight is 440 g/mol. The number of amides is 1. The number of morpholine rings is 1. The summed E-state index contributed by atoms with van der Waals surface area (Å²) in [6, 6.07) is 4.32. The molecule has 1 saturated heterocycles. The van der Waals surface area contributed by atoms with Crippen LogP contribution in [0.5, 0.6) is 5.75 Å². The lowest BCUT2D eigenvalue weighted by Gasteiger charge is -2.31. The lowest BCUT2D eigenvalue weighted by Crippen LogP contribution is -2.39. The van der Waals surface area contributed by atoms with Crippen molar-refractivity contribution in [2.45, 2.75) is 37.8 Å². The average Bonchev–Trinajstić information content (AvgIpc) is 3.36. The number of benzene rings is 1. The van der Waals surface area contributed by atoms with Crippen LogP contribution in [-0.2, 0) is 4.74 Å². The number of hydrogen-bond donors (Lipinski definition) is 1. The van der Waals surface area contributed by atoms with Crippen LogP contribution >= 0.6 is 11.3 Å². The van der Waals surface area contributed by atoms with Crippen LogP contribution in [0.25, 0.3) is 11.0 Å². The number of thiazole rings is 1. The molecule has 0 bridgehead atoms. The summed E-state index contributed by atoms with van der Waals surface area (Å²) in [6.45, 7) is 3.17. The molecule has 2 aromatic heterocycles. The highest BCUT2D eigenvalue weighted by molar-refractivity contribution is 7.11. The third kappa shape index (κ3) is 4.62. The molecule has 3 aromatic rings. The zero-order valence-corrected chi connectivity index (χ0v) is 18.0. The van der Waals surface area contributed by atoms with E-state index in [0.29, 0.717) is 5.01 Å². The normalized spacial score (nSPS) is 21.7. The number of carbonyl (C=O) groups is 1. The van der Waals surface area contributed by atoms with Crippen molar-refractivity contribution in [2.24, 2.45) is 0 Å². The molecule has 0 unspecified atom stereocenters. The van der Waals surface area contributed by atoms with Crippen molar-refractivity contribution in [2.75, 3.05) is 31.2 Å². The fourth-order valence-electron chi connectivity index (χ4n) is 4.21. The Labute approximate surface area is 184 Å². The number of rotatable bonds is 5. The first-order valence-corrected chi connectivity index (χ1v) is 11.6. The van der Waals surface area contributed by atoms with Gasteiger partial charge in [0.15, 0.2) is 5.01 Å². The molecule has 162 valence electrons. The van der Waals surface area contributed by atoms with Crippen LogP contribution in [0.3, 0.4) is 0 Å². The van der Waals surface area contributed by atoms with Crippen molar-refractivity contribution in [3.05, 3.63) is 41.1 Å². The zero-order valence-electron chi connectivity index (χ0n) is 17.2. The van der Waals surface area contributed by atoms with Crippen LogP contribution in [0.15, 0.2) is 36.1 Å². The Hall–Kier alpha value is -2.78. The summed E-state index contributed by atoms with van der Waals surface area (Å²) in [5, 5.41) is 5.43. The predicted octanol–water partition coefficient (Wildman–Crippen LogP) is 3.04. The first kappa shape index (κ1) is 20.1. The van der Waals surface area contributed by atoms with E-state index in [2.05, 4.69) is 37.3 Å². The molecule has 1 aliphatic carbocycles. The molecular formula is C22H25N5O3S. The van der Waals surface area contributed by atoms with Crippen molar-refractivity contribution in [3.63, 3.8) is 0 Å². The van der Waals surface area contributed by atoms with E-state index in [1.807, 2.05) is 5.38 Å². The monoisotopic (exact) mass is 439 g/mol. The van der Waals surface area contributed by atoms with E-state index in [1.165, 1.54) is 11.3 Å². The van der Waals surface area contributed by atoms with Crippen LogP contribution in [0.4, 0.5) is 5.69 Å². The molecule has 0 radical (unpaired) electrons. The van der Waals surface area contributed by atoms with E-state index in [1.54, 1.807) is 18.6 Å². The molecular weight excluding hydrogens is 414 g/mol. The van der Waals surface area contributed by atoms with Crippen molar-refractivity contribution in [1.29, 1.82) is 0 Å². The third-order valence-electron chi connectivity index (χ3n) is 5.83. The van der Waals surface area contributed by atoms with Gasteiger partial charge < -0.3 is 19.7 Å². The summed E-state index contributed by atoms with van der Waals surface area (Å²) >= 11 is 1.36. The minimum Gasteiger partial charge on any atom is -0.488 e. The van der Waals surface area contributed by atoms with Gasteiger partial charge in [0.05, 0.1) is 24.8 Å². The molecule has 2 fully saturated rings. The molecule has 3 heterocycles. The maximum absolute atomic E-state index is 12.3. The predicted molar refractivity (Wildman–Crippen MR) is 119 cm³/mol. The summed E-state index contributed by atoms with van der Waals surface area (Å²) in [5.74, 6) is 0.696. The number of fused-ring (bicyclic) bond motifs is 1. The smallest absolute Gasteiger partial charge is 0.280 e. The lowest BCUT2D eigenvalue weighted by atomic mass is 9.93. The quantitative estimate of drug-likeness (QED) is 0.654. The van der Waals surface area contributed by atoms with Gasteiger partial charge in [-0.15, -0.1) is 11.3 Å². The fraction of sp³-hybridized carbons (Fsp3) is 0.455. The second-order valence-corrected chi connectivity index (χ2v) is 8.76. The minimum atomic E-state index is -0.0844. The van der Waals surface area contributed by atoms with Crippen molar-refractivity contribution in [3.8, 4) is 5.75 Å². The Morgan fingerprint density at radius 1 is 1.06 bits per heavy atom. The molecule has 2 aliphatic rings. The largest absolute Gasteiger partial charge is 0.488 e. The minimum absolute atomic E-state index is 0.0844. The summed E-state index contributed by atoms with van der Waals surface area (Å²) < 4.78 is 11.9. The Balaban J connectivity index is 1.26. The van der Waals surface area contributed by atoms with Crippen molar-refractivity contribution < 1.29 is 14.3 Å². The van der Waals surface area contributed by atoms with E-state index < -0.39 is 0 Å². The van der Waals surface area contributed by atoms with Gasteiger partial charge in [-0.2, -0.15) is 0 Å². The molecule has 0 spiro atoms. The first-order valence-electron chi connectivity index (χ1n) is 10.7. The maximum Gasteiger partial charge on any atom is 0.280 e. The lowest BCUT2D eigenvalue weighted by molar-refractivity contribution is 0.0894. The summed E-state index contributed by atoms with van der Waals surface area (Å²) in [5.41, 5.74) is 2.72. The molecule has 31 heavy (non-hydrogen) atoms. The molecule has 8 nitrogen and oxygen atoms in total. The standard InChI is InChI=1S/C22H25N5O3S/c28-21(22-25-7-12-31-22)26-15-1-3-17(4-2-15)30-19-14-16(27-8-10-29-11-9-27)13-18-20(19)24-6-5-23-18/h5-7,12-15,17H,1-4,8-11H2,(H,26,28). The number of carbonyl (C=O) groups excluding carboxylic acids is 1.